The fourth-order valence-corrected chi connectivity index (χ4v) is 3.20. The molecule has 1 atom stereocenters. The Labute approximate surface area is 128 Å². The number of aryl methyl sites for hydroxylation is 1. The van der Waals surface area contributed by atoms with Crippen molar-refractivity contribution in [2.24, 2.45) is 5.41 Å². The minimum absolute atomic E-state index is 0.388. The largest absolute Gasteiger partial charge is 0.493 e. The van der Waals surface area contributed by atoms with E-state index in [1.165, 1.54) is 17.5 Å². The summed E-state index contributed by atoms with van der Waals surface area (Å²) < 4.78 is 10.8. The van der Waals surface area contributed by atoms with E-state index in [9.17, 15) is 0 Å². The van der Waals surface area contributed by atoms with Gasteiger partial charge in [0.2, 0.25) is 0 Å². The second kappa shape index (κ2) is 6.67. The van der Waals surface area contributed by atoms with Crippen LogP contribution in [0.25, 0.3) is 0 Å². The first-order valence-electron chi connectivity index (χ1n) is 7.58. The van der Waals surface area contributed by atoms with Crippen molar-refractivity contribution in [3.63, 3.8) is 0 Å². The van der Waals surface area contributed by atoms with Gasteiger partial charge in [0.1, 0.15) is 0 Å². The third kappa shape index (κ3) is 3.89. The highest BCUT2D eigenvalue weighted by atomic mass is 16.5. The van der Waals surface area contributed by atoms with Crippen LogP contribution in [0.3, 0.4) is 0 Å². The minimum atomic E-state index is 0.388. The van der Waals surface area contributed by atoms with E-state index in [0.717, 1.165) is 37.7 Å². The lowest BCUT2D eigenvalue weighted by Crippen LogP contribution is -2.34. The summed E-state index contributed by atoms with van der Waals surface area (Å²) in [5.74, 6) is 1.61. The SMILES string of the molecule is COc1cc(C)c(CN(C)CC2(C)CCNC2)cc1OC. The molecule has 1 aliphatic heterocycles. The van der Waals surface area contributed by atoms with E-state index in [0.29, 0.717) is 5.41 Å². The zero-order valence-electron chi connectivity index (χ0n) is 14.0. The van der Waals surface area contributed by atoms with Gasteiger partial charge in [0, 0.05) is 19.6 Å². The molecule has 1 saturated heterocycles. The molecule has 4 heteroatoms. The van der Waals surface area contributed by atoms with Crippen LogP contribution >= 0.6 is 0 Å². The monoisotopic (exact) mass is 292 g/mol. The first-order valence-corrected chi connectivity index (χ1v) is 7.58. The number of ether oxygens (including phenoxy) is 2. The van der Waals surface area contributed by atoms with Crippen molar-refractivity contribution >= 4 is 0 Å². The van der Waals surface area contributed by atoms with Crippen LogP contribution in [-0.4, -0.2) is 45.8 Å². The molecule has 4 nitrogen and oxygen atoms in total. The highest BCUT2D eigenvalue weighted by Crippen LogP contribution is 2.31. The second-order valence-electron chi connectivity index (χ2n) is 6.54. The molecule has 1 aliphatic rings. The minimum Gasteiger partial charge on any atom is -0.493 e. The van der Waals surface area contributed by atoms with Crippen molar-refractivity contribution in [3.05, 3.63) is 23.3 Å². The number of hydrogen-bond donors (Lipinski definition) is 1. The molecule has 21 heavy (non-hydrogen) atoms. The molecule has 1 heterocycles. The molecule has 118 valence electrons. The maximum Gasteiger partial charge on any atom is 0.161 e. The standard InChI is InChI=1S/C17H28N2O2/c1-13-8-15(20-4)16(21-5)9-14(13)10-19(3)12-17(2)6-7-18-11-17/h8-9,18H,6-7,10-12H2,1-5H3. The molecule has 1 N–H and O–H groups in total. The highest BCUT2D eigenvalue weighted by Gasteiger charge is 2.29. The van der Waals surface area contributed by atoms with Gasteiger partial charge in [0.05, 0.1) is 14.2 Å². The van der Waals surface area contributed by atoms with E-state index < -0.39 is 0 Å². The van der Waals surface area contributed by atoms with E-state index >= 15 is 0 Å². The Morgan fingerprint density at radius 2 is 1.90 bits per heavy atom. The Bertz CT molecular complexity index is 482. The van der Waals surface area contributed by atoms with Crippen molar-refractivity contribution < 1.29 is 9.47 Å². The first-order chi connectivity index (χ1) is 9.97. The lowest BCUT2D eigenvalue weighted by molar-refractivity contribution is 0.203. The molecule has 1 fully saturated rings. The van der Waals surface area contributed by atoms with E-state index in [-0.39, 0.29) is 0 Å². The summed E-state index contributed by atoms with van der Waals surface area (Å²) in [6.07, 6.45) is 1.25. The van der Waals surface area contributed by atoms with Gasteiger partial charge >= 0.3 is 0 Å². The van der Waals surface area contributed by atoms with Crippen LogP contribution < -0.4 is 14.8 Å². The molecule has 0 aromatic heterocycles. The third-order valence-electron chi connectivity index (χ3n) is 4.39. The third-order valence-corrected chi connectivity index (χ3v) is 4.39. The Hall–Kier alpha value is -1.26. The molecular weight excluding hydrogens is 264 g/mol. The van der Waals surface area contributed by atoms with Crippen LogP contribution in [0.1, 0.15) is 24.5 Å². The van der Waals surface area contributed by atoms with Gasteiger partial charge in [-0.1, -0.05) is 6.92 Å². The Morgan fingerprint density at radius 1 is 1.24 bits per heavy atom. The number of methoxy groups -OCH3 is 2. The van der Waals surface area contributed by atoms with E-state index in [4.69, 9.17) is 9.47 Å². The van der Waals surface area contributed by atoms with Crippen LogP contribution in [-0.2, 0) is 6.54 Å². The Balaban J connectivity index is 2.08. The first kappa shape index (κ1) is 16.1. The summed E-state index contributed by atoms with van der Waals surface area (Å²) in [5, 5.41) is 3.46. The molecule has 2 rings (SSSR count). The molecule has 0 spiro atoms. The predicted molar refractivity (Wildman–Crippen MR) is 86.2 cm³/mol. The number of rotatable bonds is 6. The van der Waals surface area contributed by atoms with Gasteiger partial charge in [-0.2, -0.15) is 0 Å². The fourth-order valence-electron chi connectivity index (χ4n) is 3.20. The van der Waals surface area contributed by atoms with Crippen molar-refractivity contribution in [2.45, 2.75) is 26.8 Å². The maximum atomic E-state index is 5.41. The number of hydrogen-bond acceptors (Lipinski definition) is 4. The summed E-state index contributed by atoms with van der Waals surface area (Å²) in [4.78, 5) is 2.40. The lowest BCUT2D eigenvalue weighted by Gasteiger charge is -2.29. The Kier molecular flexibility index (Phi) is 5.12. The molecule has 0 amide bonds. The van der Waals surface area contributed by atoms with Crippen LogP contribution in [0, 0.1) is 12.3 Å². The zero-order chi connectivity index (χ0) is 15.5. The van der Waals surface area contributed by atoms with Crippen LogP contribution in [0.5, 0.6) is 11.5 Å². The molecule has 0 radical (unpaired) electrons. The molecule has 1 aromatic rings. The summed E-state index contributed by atoms with van der Waals surface area (Å²) >= 11 is 0. The van der Waals surface area contributed by atoms with Gasteiger partial charge in [-0.15, -0.1) is 0 Å². The van der Waals surface area contributed by atoms with Crippen molar-refractivity contribution in [1.29, 1.82) is 0 Å². The van der Waals surface area contributed by atoms with Crippen LogP contribution in [0.4, 0.5) is 0 Å². The van der Waals surface area contributed by atoms with Crippen molar-refractivity contribution in [2.75, 3.05) is 40.9 Å². The van der Waals surface area contributed by atoms with Gasteiger partial charge in [-0.3, -0.25) is 0 Å². The van der Waals surface area contributed by atoms with Gasteiger partial charge in [-0.05, 0) is 55.6 Å². The second-order valence-corrected chi connectivity index (χ2v) is 6.54. The summed E-state index contributed by atoms with van der Waals surface area (Å²) in [5.41, 5.74) is 2.93. The van der Waals surface area contributed by atoms with Crippen LogP contribution in [0.2, 0.25) is 0 Å². The number of nitrogens with one attached hydrogen (secondary N) is 1. The van der Waals surface area contributed by atoms with Gasteiger partial charge in [0.15, 0.2) is 11.5 Å². The Morgan fingerprint density at radius 3 is 2.48 bits per heavy atom. The average Bonchev–Trinajstić information content (AvgIpc) is 2.86. The maximum absolute atomic E-state index is 5.41. The zero-order valence-corrected chi connectivity index (χ0v) is 14.0. The molecule has 1 aromatic carbocycles. The summed E-state index contributed by atoms with van der Waals surface area (Å²) in [7, 11) is 5.56. The van der Waals surface area contributed by atoms with Gasteiger partial charge in [-0.25, -0.2) is 0 Å². The molecule has 0 aliphatic carbocycles. The average molecular weight is 292 g/mol. The molecule has 1 unspecified atom stereocenters. The van der Waals surface area contributed by atoms with Gasteiger partial charge < -0.3 is 19.7 Å². The summed E-state index contributed by atoms with van der Waals surface area (Å²) in [6.45, 7) is 8.78. The van der Waals surface area contributed by atoms with E-state index in [2.05, 4.69) is 43.2 Å². The van der Waals surface area contributed by atoms with Crippen molar-refractivity contribution in [1.82, 2.24) is 10.2 Å². The summed E-state index contributed by atoms with van der Waals surface area (Å²) in [6, 6.07) is 4.15. The quantitative estimate of drug-likeness (QED) is 0.873. The number of nitrogens with zero attached hydrogens (tertiary/aromatic N) is 1. The number of benzene rings is 1. The predicted octanol–water partition coefficient (Wildman–Crippen LogP) is 2.44. The molecular formula is C17H28N2O2. The topological polar surface area (TPSA) is 33.7 Å². The smallest absolute Gasteiger partial charge is 0.161 e. The van der Waals surface area contributed by atoms with Crippen LogP contribution in [0.15, 0.2) is 12.1 Å². The highest BCUT2D eigenvalue weighted by molar-refractivity contribution is 5.47. The lowest BCUT2D eigenvalue weighted by atomic mass is 9.89. The van der Waals surface area contributed by atoms with Crippen molar-refractivity contribution in [3.8, 4) is 11.5 Å². The normalized spacial score (nSPS) is 21.8. The molecule has 0 bridgehead atoms. The van der Waals surface area contributed by atoms with Gasteiger partial charge in [0.25, 0.3) is 0 Å². The fraction of sp³-hybridized carbons (Fsp3) is 0.647. The van der Waals surface area contributed by atoms with E-state index in [1.54, 1.807) is 14.2 Å². The van der Waals surface area contributed by atoms with E-state index in [1.807, 2.05) is 0 Å². The molecule has 0 saturated carbocycles.